The first-order valence-corrected chi connectivity index (χ1v) is 5.14. The van der Waals surface area contributed by atoms with Gasteiger partial charge in [0.05, 0.1) is 6.54 Å². The van der Waals surface area contributed by atoms with Gasteiger partial charge in [-0.25, -0.2) is 8.78 Å². The number of hydrogen-bond donors (Lipinski definition) is 0. The Labute approximate surface area is 93.3 Å². The second-order valence-electron chi connectivity index (χ2n) is 3.94. The van der Waals surface area contributed by atoms with Gasteiger partial charge < -0.3 is 4.57 Å². The van der Waals surface area contributed by atoms with Crippen LogP contribution in [0.1, 0.15) is 17.0 Å². The molecular formula is C13H13F2N. The Morgan fingerprint density at radius 2 is 1.62 bits per heavy atom. The average Bonchev–Trinajstić information content (AvgIpc) is 2.53. The molecule has 1 aromatic heterocycles. The SMILES string of the molecule is Cc1ccc(C)n1Cc1ccc(F)cc1F. The summed E-state index contributed by atoms with van der Waals surface area (Å²) >= 11 is 0. The molecule has 16 heavy (non-hydrogen) atoms. The first-order chi connectivity index (χ1) is 7.58. The van der Waals surface area contributed by atoms with Crippen molar-refractivity contribution in [1.82, 2.24) is 4.57 Å². The van der Waals surface area contributed by atoms with Crippen LogP contribution in [0.15, 0.2) is 30.3 Å². The number of rotatable bonds is 2. The number of aryl methyl sites for hydroxylation is 2. The summed E-state index contributed by atoms with van der Waals surface area (Å²) in [5, 5.41) is 0. The molecule has 0 fully saturated rings. The third-order valence-electron chi connectivity index (χ3n) is 2.76. The lowest BCUT2D eigenvalue weighted by molar-refractivity contribution is 0.564. The molecule has 0 aliphatic heterocycles. The third kappa shape index (κ3) is 1.98. The highest BCUT2D eigenvalue weighted by Gasteiger charge is 2.07. The molecule has 0 saturated carbocycles. The molecule has 0 atom stereocenters. The van der Waals surface area contributed by atoms with Crippen LogP contribution in [0.25, 0.3) is 0 Å². The van der Waals surface area contributed by atoms with Gasteiger partial charge in [0.25, 0.3) is 0 Å². The smallest absolute Gasteiger partial charge is 0.131 e. The van der Waals surface area contributed by atoms with Crippen LogP contribution in [0.5, 0.6) is 0 Å². The van der Waals surface area contributed by atoms with E-state index in [1.807, 2.05) is 30.5 Å². The van der Waals surface area contributed by atoms with E-state index in [9.17, 15) is 8.78 Å². The van der Waals surface area contributed by atoms with E-state index in [1.165, 1.54) is 12.1 Å². The lowest BCUT2D eigenvalue weighted by atomic mass is 10.2. The number of halogens is 2. The van der Waals surface area contributed by atoms with Crippen LogP contribution in [0.2, 0.25) is 0 Å². The van der Waals surface area contributed by atoms with Crippen molar-refractivity contribution in [3.63, 3.8) is 0 Å². The summed E-state index contributed by atoms with van der Waals surface area (Å²) in [4.78, 5) is 0. The predicted octanol–water partition coefficient (Wildman–Crippen LogP) is 3.43. The summed E-state index contributed by atoms with van der Waals surface area (Å²) in [6.45, 7) is 4.37. The van der Waals surface area contributed by atoms with Crippen LogP contribution in [0.4, 0.5) is 8.78 Å². The third-order valence-corrected chi connectivity index (χ3v) is 2.76. The molecule has 0 amide bonds. The fourth-order valence-electron chi connectivity index (χ4n) is 1.77. The van der Waals surface area contributed by atoms with Crippen molar-refractivity contribution < 1.29 is 8.78 Å². The molecule has 0 unspecified atom stereocenters. The Kier molecular flexibility index (Phi) is 2.77. The van der Waals surface area contributed by atoms with Crippen LogP contribution >= 0.6 is 0 Å². The van der Waals surface area contributed by atoms with E-state index < -0.39 is 11.6 Å². The average molecular weight is 221 g/mol. The zero-order valence-electron chi connectivity index (χ0n) is 9.30. The molecule has 2 rings (SSSR count). The van der Waals surface area contributed by atoms with Crippen molar-refractivity contribution >= 4 is 0 Å². The van der Waals surface area contributed by atoms with Crippen LogP contribution < -0.4 is 0 Å². The van der Waals surface area contributed by atoms with Gasteiger partial charge in [-0.15, -0.1) is 0 Å². The summed E-state index contributed by atoms with van der Waals surface area (Å²) in [7, 11) is 0. The van der Waals surface area contributed by atoms with Gasteiger partial charge >= 0.3 is 0 Å². The highest BCUT2D eigenvalue weighted by atomic mass is 19.1. The minimum absolute atomic E-state index is 0.441. The van der Waals surface area contributed by atoms with Gasteiger partial charge in [0.2, 0.25) is 0 Å². The number of nitrogens with zero attached hydrogens (tertiary/aromatic N) is 1. The first-order valence-electron chi connectivity index (χ1n) is 5.14. The summed E-state index contributed by atoms with van der Waals surface area (Å²) < 4.78 is 28.2. The molecule has 1 nitrogen and oxygen atoms in total. The van der Waals surface area contributed by atoms with Crippen LogP contribution in [0, 0.1) is 25.5 Å². The Hall–Kier alpha value is -1.64. The maximum atomic E-state index is 13.5. The minimum Gasteiger partial charge on any atom is -0.345 e. The number of benzene rings is 1. The van der Waals surface area contributed by atoms with Gasteiger partial charge in [0, 0.05) is 23.0 Å². The second-order valence-corrected chi connectivity index (χ2v) is 3.94. The van der Waals surface area contributed by atoms with Crippen LogP contribution in [-0.2, 0) is 6.54 Å². The molecule has 2 aromatic rings. The minimum atomic E-state index is -0.540. The number of aromatic nitrogens is 1. The van der Waals surface area contributed by atoms with Crippen molar-refractivity contribution in [2.24, 2.45) is 0 Å². The van der Waals surface area contributed by atoms with E-state index in [0.29, 0.717) is 12.1 Å². The highest BCUT2D eigenvalue weighted by molar-refractivity contribution is 5.22. The summed E-state index contributed by atoms with van der Waals surface area (Å²) in [6.07, 6.45) is 0. The van der Waals surface area contributed by atoms with Gasteiger partial charge in [-0.3, -0.25) is 0 Å². The Bertz CT molecular complexity index is 495. The van der Waals surface area contributed by atoms with E-state index in [1.54, 1.807) is 0 Å². The lowest BCUT2D eigenvalue weighted by Gasteiger charge is -2.10. The molecule has 1 aromatic carbocycles. The fraction of sp³-hybridized carbons (Fsp3) is 0.231. The van der Waals surface area contributed by atoms with Crippen LogP contribution in [-0.4, -0.2) is 4.57 Å². The zero-order valence-corrected chi connectivity index (χ0v) is 9.30. The van der Waals surface area contributed by atoms with Gasteiger partial charge in [0.1, 0.15) is 11.6 Å². The molecule has 3 heteroatoms. The summed E-state index contributed by atoms with van der Waals surface area (Å²) in [5.74, 6) is -1.03. The van der Waals surface area contributed by atoms with Gasteiger partial charge in [-0.2, -0.15) is 0 Å². The van der Waals surface area contributed by atoms with Gasteiger partial charge in [0.15, 0.2) is 0 Å². The van der Waals surface area contributed by atoms with E-state index in [4.69, 9.17) is 0 Å². The predicted molar refractivity (Wildman–Crippen MR) is 59.4 cm³/mol. The molecule has 0 N–H and O–H groups in total. The molecule has 84 valence electrons. The molecule has 0 saturated heterocycles. The topological polar surface area (TPSA) is 4.93 Å². The van der Waals surface area contributed by atoms with Gasteiger partial charge in [-0.05, 0) is 32.0 Å². The standard InChI is InChI=1S/C13H13F2N/c1-9-3-4-10(2)16(9)8-11-5-6-12(14)7-13(11)15/h3-7H,8H2,1-2H3. The maximum absolute atomic E-state index is 13.5. The maximum Gasteiger partial charge on any atom is 0.131 e. The van der Waals surface area contributed by atoms with E-state index in [2.05, 4.69) is 0 Å². The largest absolute Gasteiger partial charge is 0.345 e. The Balaban J connectivity index is 2.34. The quantitative estimate of drug-likeness (QED) is 0.732. The van der Waals surface area contributed by atoms with Gasteiger partial charge in [-0.1, -0.05) is 6.07 Å². The lowest BCUT2D eigenvalue weighted by Crippen LogP contribution is -2.05. The Morgan fingerprint density at radius 3 is 2.19 bits per heavy atom. The zero-order chi connectivity index (χ0) is 11.7. The fourth-order valence-corrected chi connectivity index (χ4v) is 1.77. The van der Waals surface area contributed by atoms with E-state index >= 15 is 0 Å². The van der Waals surface area contributed by atoms with E-state index in [-0.39, 0.29) is 0 Å². The molecule has 0 spiro atoms. The second kappa shape index (κ2) is 4.08. The van der Waals surface area contributed by atoms with Crippen LogP contribution in [0.3, 0.4) is 0 Å². The molecular weight excluding hydrogens is 208 g/mol. The molecule has 0 bridgehead atoms. The number of hydrogen-bond acceptors (Lipinski definition) is 0. The molecule has 1 heterocycles. The molecule has 0 aliphatic rings. The molecule has 0 radical (unpaired) electrons. The first kappa shape index (κ1) is 10.9. The van der Waals surface area contributed by atoms with Crippen molar-refractivity contribution in [3.8, 4) is 0 Å². The normalized spacial score (nSPS) is 10.8. The molecule has 0 aliphatic carbocycles. The Morgan fingerprint density at radius 1 is 1.00 bits per heavy atom. The monoisotopic (exact) mass is 221 g/mol. The van der Waals surface area contributed by atoms with E-state index in [0.717, 1.165) is 17.5 Å². The van der Waals surface area contributed by atoms with Crippen molar-refractivity contribution in [3.05, 3.63) is 58.9 Å². The summed E-state index contributed by atoms with van der Waals surface area (Å²) in [5.41, 5.74) is 2.64. The summed E-state index contributed by atoms with van der Waals surface area (Å²) in [6, 6.07) is 7.66. The van der Waals surface area contributed by atoms with Crippen molar-refractivity contribution in [2.45, 2.75) is 20.4 Å². The van der Waals surface area contributed by atoms with Crippen molar-refractivity contribution in [2.75, 3.05) is 0 Å². The highest BCUT2D eigenvalue weighted by Crippen LogP contribution is 2.15. The van der Waals surface area contributed by atoms with Crippen molar-refractivity contribution in [1.29, 1.82) is 0 Å².